The molecule has 0 saturated carbocycles. The Balaban J connectivity index is 1.91. The molecule has 0 N–H and O–H groups in total. The molecular formula is C17H9BrFNO2S2. The maximum Gasteiger partial charge on any atom is 0.273 e. The highest BCUT2D eigenvalue weighted by molar-refractivity contribution is 9.10. The third-order valence-electron chi connectivity index (χ3n) is 3.27. The standard InChI is InChI=1S/C17H9BrFNO2S2/c18-11-7-5-10(6-8-11)9-14-16(22)20(17(23)24-14)15(21)12-3-1-2-4-13(12)19/h1-9H/b14-9-. The zero-order chi connectivity index (χ0) is 17.3. The maximum absolute atomic E-state index is 13.8. The molecule has 1 aliphatic rings. The van der Waals surface area contributed by atoms with Crippen molar-refractivity contribution in [3.8, 4) is 0 Å². The van der Waals surface area contributed by atoms with Crippen molar-refractivity contribution in [2.45, 2.75) is 0 Å². The van der Waals surface area contributed by atoms with E-state index in [1.807, 2.05) is 24.3 Å². The van der Waals surface area contributed by atoms with Crippen molar-refractivity contribution in [2.24, 2.45) is 0 Å². The van der Waals surface area contributed by atoms with Crippen LogP contribution in [0, 0.1) is 5.82 Å². The molecule has 0 spiro atoms. The number of hydrogen-bond donors (Lipinski definition) is 0. The summed E-state index contributed by atoms with van der Waals surface area (Å²) in [7, 11) is 0. The molecule has 1 fully saturated rings. The minimum Gasteiger partial charge on any atom is -0.268 e. The second kappa shape index (κ2) is 6.96. The molecule has 24 heavy (non-hydrogen) atoms. The third kappa shape index (κ3) is 3.33. The van der Waals surface area contributed by atoms with E-state index in [1.165, 1.54) is 24.3 Å². The van der Waals surface area contributed by atoms with Crippen LogP contribution >= 0.6 is 39.9 Å². The monoisotopic (exact) mass is 421 g/mol. The van der Waals surface area contributed by atoms with Gasteiger partial charge in [0.15, 0.2) is 4.32 Å². The number of hydrogen-bond acceptors (Lipinski definition) is 4. The summed E-state index contributed by atoms with van der Waals surface area (Å²) >= 11 is 9.49. The smallest absolute Gasteiger partial charge is 0.268 e. The fourth-order valence-corrected chi connectivity index (χ4v) is 3.63. The zero-order valence-electron chi connectivity index (χ0n) is 12.0. The largest absolute Gasteiger partial charge is 0.273 e. The summed E-state index contributed by atoms with van der Waals surface area (Å²) in [5, 5.41) is 0. The van der Waals surface area contributed by atoms with Gasteiger partial charge >= 0.3 is 0 Å². The first kappa shape index (κ1) is 17.0. The fraction of sp³-hybridized carbons (Fsp3) is 0. The van der Waals surface area contributed by atoms with Crippen molar-refractivity contribution < 1.29 is 14.0 Å². The molecule has 0 aromatic heterocycles. The molecule has 0 bridgehead atoms. The van der Waals surface area contributed by atoms with Crippen LogP contribution in [0.5, 0.6) is 0 Å². The molecule has 1 aliphatic heterocycles. The normalized spacial score (nSPS) is 16.1. The van der Waals surface area contributed by atoms with Crippen molar-refractivity contribution >= 4 is 62.1 Å². The van der Waals surface area contributed by atoms with Crippen LogP contribution < -0.4 is 0 Å². The number of imide groups is 1. The van der Waals surface area contributed by atoms with Gasteiger partial charge in [-0.15, -0.1) is 0 Å². The van der Waals surface area contributed by atoms with Crippen LogP contribution in [0.15, 0.2) is 57.9 Å². The van der Waals surface area contributed by atoms with Crippen molar-refractivity contribution in [3.05, 3.63) is 74.9 Å². The molecule has 0 radical (unpaired) electrons. The Hall–Kier alpha value is -1.83. The van der Waals surface area contributed by atoms with Crippen LogP contribution in [0.1, 0.15) is 15.9 Å². The van der Waals surface area contributed by atoms with Gasteiger partial charge in [0.25, 0.3) is 11.8 Å². The number of nitrogens with zero attached hydrogens (tertiary/aromatic N) is 1. The molecule has 7 heteroatoms. The maximum atomic E-state index is 13.8. The van der Waals surface area contributed by atoms with Crippen LogP contribution in [0.3, 0.4) is 0 Å². The molecular weight excluding hydrogens is 413 g/mol. The van der Waals surface area contributed by atoms with E-state index in [0.717, 1.165) is 26.7 Å². The van der Waals surface area contributed by atoms with Crippen LogP contribution in [-0.2, 0) is 4.79 Å². The third-order valence-corrected chi connectivity index (χ3v) is 5.10. The second-order valence-corrected chi connectivity index (χ2v) is 7.45. The molecule has 2 aromatic carbocycles. The van der Waals surface area contributed by atoms with Gasteiger partial charge in [0.1, 0.15) is 5.82 Å². The highest BCUT2D eigenvalue weighted by Crippen LogP contribution is 2.34. The minimum absolute atomic E-state index is 0.0941. The van der Waals surface area contributed by atoms with E-state index in [-0.39, 0.29) is 9.88 Å². The van der Waals surface area contributed by atoms with Crippen LogP contribution in [-0.4, -0.2) is 21.0 Å². The first-order valence-electron chi connectivity index (χ1n) is 6.80. The van der Waals surface area contributed by atoms with E-state index < -0.39 is 17.6 Å². The molecule has 0 aliphatic carbocycles. The summed E-state index contributed by atoms with van der Waals surface area (Å²) in [5.41, 5.74) is 0.621. The lowest BCUT2D eigenvalue weighted by molar-refractivity contribution is -0.120. The number of amides is 2. The Labute approximate surface area is 155 Å². The molecule has 1 saturated heterocycles. The van der Waals surface area contributed by atoms with E-state index >= 15 is 0 Å². The first-order chi connectivity index (χ1) is 11.5. The molecule has 0 unspecified atom stereocenters. The van der Waals surface area contributed by atoms with Crippen molar-refractivity contribution in [1.29, 1.82) is 0 Å². The van der Waals surface area contributed by atoms with Gasteiger partial charge in [0.05, 0.1) is 10.5 Å². The van der Waals surface area contributed by atoms with Crippen LogP contribution in [0.2, 0.25) is 0 Å². The molecule has 0 atom stereocenters. The Morgan fingerprint density at radius 1 is 1.17 bits per heavy atom. The van der Waals surface area contributed by atoms with Gasteiger partial charge in [-0.3, -0.25) is 9.59 Å². The fourth-order valence-electron chi connectivity index (χ4n) is 2.11. The number of rotatable bonds is 2. The predicted octanol–water partition coefficient (Wildman–Crippen LogP) is 4.63. The van der Waals surface area contributed by atoms with E-state index in [1.54, 1.807) is 6.08 Å². The van der Waals surface area contributed by atoms with Gasteiger partial charge in [-0.05, 0) is 35.9 Å². The lowest BCUT2D eigenvalue weighted by atomic mass is 10.2. The van der Waals surface area contributed by atoms with E-state index in [2.05, 4.69) is 15.9 Å². The van der Waals surface area contributed by atoms with Gasteiger partial charge in [-0.25, -0.2) is 9.29 Å². The summed E-state index contributed by atoms with van der Waals surface area (Å²) in [6.07, 6.45) is 1.65. The summed E-state index contributed by atoms with van der Waals surface area (Å²) in [6, 6.07) is 12.9. The van der Waals surface area contributed by atoms with Crippen molar-refractivity contribution in [1.82, 2.24) is 4.90 Å². The predicted molar refractivity (Wildman–Crippen MR) is 99.9 cm³/mol. The summed E-state index contributed by atoms with van der Waals surface area (Å²) in [4.78, 5) is 26.1. The topological polar surface area (TPSA) is 37.4 Å². The SMILES string of the molecule is O=C1/C(=C/c2ccc(Br)cc2)SC(=S)N1C(=O)c1ccccc1F. The number of thiocarbonyl (C=S) groups is 1. The summed E-state index contributed by atoms with van der Waals surface area (Å²) in [5.74, 6) is -1.98. The van der Waals surface area contributed by atoms with Gasteiger partial charge in [0.2, 0.25) is 0 Å². The lowest BCUT2D eigenvalue weighted by Gasteiger charge is -2.12. The highest BCUT2D eigenvalue weighted by atomic mass is 79.9. The number of carbonyl (C=O) groups excluding carboxylic acids is 2. The number of thioether (sulfide) groups is 1. The van der Waals surface area contributed by atoms with Gasteiger partial charge in [-0.1, -0.05) is 64.2 Å². The zero-order valence-corrected chi connectivity index (χ0v) is 15.3. The molecule has 120 valence electrons. The second-order valence-electron chi connectivity index (χ2n) is 4.85. The average Bonchev–Trinajstić information content (AvgIpc) is 2.83. The van der Waals surface area contributed by atoms with Crippen molar-refractivity contribution in [2.75, 3.05) is 0 Å². The number of carbonyl (C=O) groups is 2. The van der Waals surface area contributed by atoms with Gasteiger partial charge in [-0.2, -0.15) is 0 Å². The van der Waals surface area contributed by atoms with Gasteiger partial charge < -0.3 is 0 Å². The Morgan fingerprint density at radius 2 is 1.83 bits per heavy atom. The quantitative estimate of drug-likeness (QED) is 0.402. The molecule has 3 rings (SSSR count). The molecule has 2 amide bonds. The van der Waals surface area contributed by atoms with Gasteiger partial charge in [0, 0.05) is 4.47 Å². The van der Waals surface area contributed by atoms with E-state index in [9.17, 15) is 14.0 Å². The summed E-state index contributed by atoms with van der Waals surface area (Å²) < 4.78 is 14.8. The summed E-state index contributed by atoms with van der Waals surface area (Å²) in [6.45, 7) is 0. The Morgan fingerprint density at radius 3 is 2.50 bits per heavy atom. The number of benzene rings is 2. The number of halogens is 2. The molecule has 3 nitrogen and oxygen atoms in total. The average molecular weight is 422 g/mol. The molecule has 1 heterocycles. The minimum atomic E-state index is -0.755. The Bertz CT molecular complexity index is 880. The first-order valence-corrected chi connectivity index (χ1v) is 8.81. The van der Waals surface area contributed by atoms with Crippen molar-refractivity contribution in [3.63, 3.8) is 0 Å². The molecule has 2 aromatic rings. The van der Waals surface area contributed by atoms with E-state index in [4.69, 9.17) is 12.2 Å². The van der Waals surface area contributed by atoms with Crippen LogP contribution in [0.25, 0.3) is 6.08 Å². The Kier molecular flexibility index (Phi) is 4.93. The van der Waals surface area contributed by atoms with E-state index in [0.29, 0.717) is 4.91 Å². The lowest BCUT2D eigenvalue weighted by Crippen LogP contribution is -2.35. The van der Waals surface area contributed by atoms with Crippen LogP contribution in [0.4, 0.5) is 4.39 Å². The highest BCUT2D eigenvalue weighted by Gasteiger charge is 2.38.